The molecule has 0 atom stereocenters. The third kappa shape index (κ3) is 2.52. The van der Waals surface area contributed by atoms with Gasteiger partial charge in [0.1, 0.15) is 5.78 Å². The van der Waals surface area contributed by atoms with Gasteiger partial charge in [0, 0.05) is 24.6 Å². The van der Waals surface area contributed by atoms with E-state index < -0.39 is 11.2 Å². The second-order valence-corrected chi connectivity index (χ2v) is 7.34. The van der Waals surface area contributed by atoms with Gasteiger partial charge < -0.3 is 0 Å². The van der Waals surface area contributed by atoms with Crippen LogP contribution in [-0.4, -0.2) is 28.9 Å². The Morgan fingerprint density at radius 2 is 1.71 bits per heavy atom. The summed E-state index contributed by atoms with van der Waals surface area (Å²) in [6.45, 7) is 7.08. The Morgan fingerprint density at radius 3 is 2.32 bits per heavy atom. The lowest BCUT2D eigenvalue weighted by Crippen LogP contribution is -2.40. The van der Waals surface area contributed by atoms with Gasteiger partial charge in [-0.2, -0.15) is 4.98 Å². The van der Waals surface area contributed by atoms with Crippen molar-refractivity contribution in [3.63, 3.8) is 0 Å². The summed E-state index contributed by atoms with van der Waals surface area (Å²) < 4.78 is 5.93. The van der Waals surface area contributed by atoms with E-state index in [1.54, 1.807) is 11.4 Å². The van der Waals surface area contributed by atoms with Gasteiger partial charge in [-0.3, -0.25) is 27.7 Å². The van der Waals surface area contributed by atoms with E-state index in [0.29, 0.717) is 11.4 Å². The number of nitrogens with zero attached hydrogens (tertiary/aromatic N) is 5. The van der Waals surface area contributed by atoms with Crippen LogP contribution in [0.5, 0.6) is 0 Å². The molecule has 144 valence electrons. The minimum absolute atomic E-state index is 0.258. The van der Waals surface area contributed by atoms with Crippen molar-refractivity contribution in [2.75, 3.05) is 0 Å². The topological polar surface area (TPSA) is 83.3 Å². The van der Waals surface area contributed by atoms with Crippen LogP contribution in [0.25, 0.3) is 22.6 Å². The molecule has 8 nitrogen and oxygen atoms in total. The second kappa shape index (κ2) is 6.05. The Kier molecular flexibility index (Phi) is 3.88. The van der Waals surface area contributed by atoms with E-state index in [0.717, 1.165) is 27.1 Å². The van der Waals surface area contributed by atoms with Gasteiger partial charge in [0.2, 0.25) is 5.78 Å². The average Bonchev–Trinajstić information content (AvgIpc) is 3.10. The van der Waals surface area contributed by atoms with E-state index in [-0.39, 0.29) is 17.8 Å². The molecule has 0 amide bonds. The number of carbonyl (C=O) groups is 1. The van der Waals surface area contributed by atoms with Gasteiger partial charge in [-0.15, -0.1) is 0 Å². The normalized spacial score (nSPS) is 11.6. The number of aryl methyl sites for hydroxylation is 4. The molecule has 0 fully saturated rings. The van der Waals surface area contributed by atoms with Crippen molar-refractivity contribution in [1.82, 2.24) is 23.1 Å². The summed E-state index contributed by atoms with van der Waals surface area (Å²) in [5.74, 6) is 0.286. The zero-order valence-electron chi connectivity index (χ0n) is 16.5. The van der Waals surface area contributed by atoms with Crippen LogP contribution in [0.15, 0.2) is 34.0 Å². The van der Waals surface area contributed by atoms with Gasteiger partial charge in [-0.1, -0.05) is 6.07 Å². The Bertz CT molecular complexity index is 1380. The van der Waals surface area contributed by atoms with E-state index >= 15 is 0 Å². The largest absolute Gasteiger partial charge is 0.332 e. The van der Waals surface area contributed by atoms with Crippen LogP contribution in [-0.2, 0) is 18.4 Å². The number of hydrogen-bond acceptors (Lipinski definition) is 4. The SMILES string of the molecule is CC(=O)Cn1c(=O)c2c(nc3n(-c4cc(C)cc(C)c4)c(C)cn23)n(C)c1=O. The molecule has 1 aromatic carbocycles. The van der Waals surface area contributed by atoms with Crippen LogP contribution in [0, 0.1) is 20.8 Å². The van der Waals surface area contributed by atoms with Gasteiger partial charge in [0.15, 0.2) is 11.2 Å². The van der Waals surface area contributed by atoms with Gasteiger partial charge in [-0.25, -0.2) is 4.79 Å². The lowest BCUT2D eigenvalue weighted by atomic mass is 10.1. The first-order chi connectivity index (χ1) is 13.2. The van der Waals surface area contributed by atoms with Crippen molar-refractivity contribution in [2.45, 2.75) is 34.2 Å². The van der Waals surface area contributed by atoms with E-state index in [1.165, 1.54) is 11.5 Å². The van der Waals surface area contributed by atoms with Crippen LogP contribution in [0.1, 0.15) is 23.7 Å². The maximum atomic E-state index is 13.0. The molecular formula is C20H21N5O3. The summed E-state index contributed by atoms with van der Waals surface area (Å²) in [6, 6.07) is 6.19. The van der Waals surface area contributed by atoms with E-state index in [1.807, 2.05) is 43.7 Å². The van der Waals surface area contributed by atoms with Gasteiger partial charge in [0.25, 0.3) is 5.56 Å². The number of benzene rings is 1. The maximum absolute atomic E-state index is 13.0. The first kappa shape index (κ1) is 18.0. The minimum Gasteiger partial charge on any atom is -0.298 e. The highest BCUT2D eigenvalue weighted by atomic mass is 16.2. The standard InChI is InChI=1S/C20H21N5O3/c1-11-6-12(2)8-15(7-11)25-13(3)9-23-16-17(21-19(23)25)22(5)20(28)24(18(16)27)10-14(4)26/h6-9H,10H2,1-5H3. The summed E-state index contributed by atoms with van der Waals surface area (Å²) in [5, 5.41) is 0. The summed E-state index contributed by atoms with van der Waals surface area (Å²) in [5.41, 5.74) is 3.59. The van der Waals surface area contributed by atoms with E-state index in [4.69, 9.17) is 0 Å². The third-order valence-electron chi connectivity index (χ3n) is 4.87. The molecule has 0 saturated carbocycles. The molecule has 0 radical (unpaired) electrons. The van der Waals surface area contributed by atoms with Crippen molar-refractivity contribution in [3.05, 3.63) is 62.1 Å². The molecule has 0 aliphatic heterocycles. The fourth-order valence-electron chi connectivity index (χ4n) is 3.77. The lowest BCUT2D eigenvalue weighted by Gasteiger charge is -2.08. The number of Topliss-reactive ketones (excluding diaryl/α,β-unsaturated/α-hetero) is 1. The molecule has 0 aliphatic rings. The van der Waals surface area contributed by atoms with E-state index in [9.17, 15) is 14.4 Å². The molecule has 0 unspecified atom stereocenters. The fraction of sp³-hybridized carbons (Fsp3) is 0.300. The smallest absolute Gasteiger partial charge is 0.298 e. The number of carbonyl (C=O) groups excluding carboxylic acids is 1. The molecule has 0 aliphatic carbocycles. The monoisotopic (exact) mass is 379 g/mol. The third-order valence-corrected chi connectivity index (χ3v) is 4.87. The van der Waals surface area contributed by atoms with Crippen molar-refractivity contribution in [1.29, 1.82) is 0 Å². The van der Waals surface area contributed by atoms with Crippen LogP contribution < -0.4 is 11.2 Å². The lowest BCUT2D eigenvalue weighted by molar-refractivity contribution is -0.117. The van der Waals surface area contributed by atoms with Crippen molar-refractivity contribution < 1.29 is 4.79 Å². The molecule has 3 aromatic heterocycles. The summed E-state index contributed by atoms with van der Waals surface area (Å²) >= 11 is 0. The Hall–Kier alpha value is -3.42. The number of hydrogen-bond donors (Lipinski definition) is 0. The van der Waals surface area contributed by atoms with Crippen molar-refractivity contribution in [3.8, 4) is 5.69 Å². The van der Waals surface area contributed by atoms with Crippen LogP contribution in [0.3, 0.4) is 0 Å². The molecule has 0 saturated heterocycles. The quantitative estimate of drug-likeness (QED) is 0.542. The fourth-order valence-corrected chi connectivity index (χ4v) is 3.77. The molecule has 0 spiro atoms. The first-order valence-electron chi connectivity index (χ1n) is 8.97. The molecule has 4 aromatic rings. The molecule has 0 N–H and O–H groups in total. The number of fused-ring (bicyclic) bond motifs is 3. The van der Waals surface area contributed by atoms with Crippen molar-refractivity contribution >= 4 is 22.7 Å². The number of imidazole rings is 2. The van der Waals surface area contributed by atoms with Gasteiger partial charge in [-0.05, 0) is 51.0 Å². The van der Waals surface area contributed by atoms with Crippen LogP contribution in [0.2, 0.25) is 0 Å². The molecular weight excluding hydrogens is 358 g/mol. The summed E-state index contributed by atoms with van der Waals surface area (Å²) in [7, 11) is 1.56. The Morgan fingerprint density at radius 1 is 1.07 bits per heavy atom. The number of ketones is 1. The molecule has 28 heavy (non-hydrogen) atoms. The highest BCUT2D eigenvalue weighted by Gasteiger charge is 2.21. The molecule has 3 heterocycles. The Balaban J connectivity index is 2.14. The predicted octanol–water partition coefficient (Wildman–Crippen LogP) is 1.65. The second-order valence-electron chi connectivity index (χ2n) is 7.34. The summed E-state index contributed by atoms with van der Waals surface area (Å²) in [6.07, 6.45) is 1.83. The maximum Gasteiger partial charge on any atom is 0.332 e. The van der Waals surface area contributed by atoms with Gasteiger partial charge >= 0.3 is 5.69 Å². The molecule has 4 rings (SSSR count). The number of rotatable bonds is 3. The average molecular weight is 379 g/mol. The minimum atomic E-state index is -0.553. The zero-order chi connectivity index (χ0) is 20.3. The Labute approximate surface area is 160 Å². The van der Waals surface area contributed by atoms with Crippen molar-refractivity contribution in [2.24, 2.45) is 7.05 Å². The zero-order valence-corrected chi connectivity index (χ0v) is 16.5. The van der Waals surface area contributed by atoms with Crippen LogP contribution >= 0.6 is 0 Å². The highest BCUT2D eigenvalue weighted by molar-refractivity contribution is 5.78. The van der Waals surface area contributed by atoms with E-state index in [2.05, 4.69) is 11.1 Å². The summed E-state index contributed by atoms with van der Waals surface area (Å²) in [4.78, 5) is 41.7. The molecule has 0 bridgehead atoms. The van der Waals surface area contributed by atoms with Crippen LogP contribution in [0.4, 0.5) is 0 Å². The molecule has 8 heteroatoms. The predicted molar refractivity (Wildman–Crippen MR) is 106 cm³/mol. The first-order valence-corrected chi connectivity index (χ1v) is 8.97. The highest BCUT2D eigenvalue weighted by Crippen LogP contribution is 2.22. The number of aromatic nitrogens is 5. The van der Waals surface area contributed by atoms with Gasteiger partial charge in [0.05, 0.1) is 6.54 Å².